The predicted molar refractivity (Wildman–Crippen MR) is 97.7 cm³/mol. The van der Waals surface area contributed by atoms with Crippen molar-refractivity contribution in [2.75, 3.05) is 5.32 Å². The second-order valence-electron chi connectivity index (χ2n) is 5.85. The molecule has 24 heavy (non-hydrogen) atoms. The van der Waals surface area contributed by atoms with E-state index in [1.165, 1.54) is 11.1 Å². The largest absolute Gasteiger partial charge is 0.366 e. The molecule has 0 spiro atoms. The molecule has 0 unspecified atom stereocenters. The van der Waals surface area contributed by atoms with Crippen molar-refractivity contribution in [2.45, 2.75) is 6.54 Å². The highest BCUT2D eigenvalue weighted by atomic mass is 15.2. The Bertz CT molecular complexity index is 988. The number of anilines is 1. The second-order valence-corrected chi connectivity index (χ2v) is 5.85. The maximum absolute atomic E-state index is 4.65. The number of pyridine rings is 1. The average molecular weight is 314 g/mol. The van der Waals surface area contributed by atoms with Crippen LogP contribution in [0.15, 0.2) is 73.1 Å². The van der Waals surface area contributed by atoms with Gasteiger partial charge in [-0.1, -0.05) is 36.4 Å². The minimum absolute atomic E-state index is 0.736. The molecule has 2 heterocycles. The number of rotatable bonds is 4. The fraction of sp³-hybridized carbons (Fsp3) is 0.100. The Morgan fingerprint density at radius 1 is 0.958 bits per heavy atom. The minimum atomic E-state index is 0.736. The van der Waals surface area contributed by atoms with E-state index in [0.717, 1.165) is 28.8 Å². The molecule has 4 rings (SSSR count). The molecule has 0 saturated heterocycles. The number of hydrogen-bond acceptors (Lipinski definition) is 3. The van der Waals surface area contributed by atoms with Crippen LogP contribution in [0.1, 0.15) is 5.56 Å². The summed E-state index contributed by atoms with van der Waals surface area (Å²) in [6.07, 6.45) is 3.91. The summed E-state index contributed by atoms with van der Waals surface area (Å²) in [6, 6.07) is 20.7. The number of aryl methyl sites for hydroxylation is 1. The minimum Gasteiger partial charge on any atom is -0.366 e. The number of fused-ring (bicyclic) bond motifs is 1. The molecule has 4 nitrogen and oxygen atoms in total. The van der Waals surface area contributed by atoms with Gasteiger partial charge >= 0.3 is 0 Å². The fourth-order valence-corrected chi connectivity index (χ4v) is 2.79. The zero-order valence-electron chi connectivity index (χ0n) is 13.5. The van der Waals surface area contributed by atoms with Gasteiger partial charge in [-0.3, -0.25) is 4.68 Å². The molecular formula is C20H18N4. The van der Waals surface area contributed by atoms with E-state index in [2.05, 4.69) is 51.8 Å². The Kier molecular flexibility index (Phi) is 3.71. The standard InChI is InChI=1S/C20H18N4/c1-24-14-18(13-22-24)17-7-4-5-15(11-17)12-21-20-10-9-16-6-2-3-8-19(16)23-20/h2-11,13-14H,12H2,1H3,(H,21,23). The van der Waals surface area contributed by atoms with Gasteiger partial charge in [-0.05, 0) is 35.4 Å². The van der Waals surface area contributed by atoms with Crippen LogP contribution < -0.4 is 5.32 Å². The van der Waals surface area contributed by atoms with E-state index in [4.69, 9.17) is 0 Å². The monoisotopic (exact) mass is 314 g/mol. The SMILES string of the molecule is Cn1cc(-c2cccc(CNc3ccc4ccccc4n3)c2)cn1. The van der Waals surface area contributed by atoms with Gasteiger partial charge in [0, 0.05) is 30.7 Å². The second kappa shape index (κ2) is 6.16. The highest BCUT2D eigenvalue weighted by Crippen LogP contribution is 2.20. The van der Waals surface area contributed by atoms with Crippen molar-refractivity contribution in [3.8, 4) is 11.1 Å². The predicted octanol–water partition coefficient (Wildman–Crippen LogP) is 4.25. The summed E-state index contributed by atoms with van der Waals surface area (Å²) in [5, 5.41) is 8.80. The van der Waals surface area contributed by atoms with Gasteiger partial charge in [0.2, 0.25) is 0 Å². The van der Waals surface area contributed by atoms with Crippen LogP contribution in [0.2, 0.25) is 0 Å². The smallest absolute Gasteiger partial charge is 0.126 e. The summed E-state index contributed by atoms with van der Waals surface area (Å²) in [5.74, 6) is 0.889. The summed E-state index contributed by atoms with van der Waals surface area (Å²) in [7, 11) is 1.93. The first-order chi connectivity index (χ1) is 11.8. The number of nitrogens with one attached hydrogen (secondary N) is 1. The van der Waals surface area contributed by atoms with E-state index in [1.54, 1.807) is 0 Å². The molecule has 118 valence electrons. The number of nitrogens with zero attached hydrogens (tertiary/aromatic N) is 3. The average Bonchev–Trinajstić information content (AvgIpc) is 3.06. The molecule has 0 saturated carbocycles. The van der Waals surface area contributed by atoms with Gasteiger partial charge in [-0.2, -0.15) is 5.10 Å². The van der Waals surface area contributed by atoms with Crippen molar-refractivity contribution in [1.82, 2.24) is 14.8 Å². The molecule has 0 radical (unpaired) electrons. The van der Waals surface area contributed by atoms with E-state index in [9.17, 15) is 0 Å². The van der Waals surface area contributed by atoms with E-state index < -0.39 is 0 Å². The van der Waals surface area contributed by atoms with Crippen LogP contribution in [0.25, 0.3) is 22.0 Å². The summed E-state index contributed by atoms with van der Waals surface area (Å²) < 4.78 is 1.82. The van der Waals surface area contributed by atoms with Gasteiger partial charge in [0.25, 0.3) is 0 Å². The maximum Gasteiger partial charge on any atom is 0.126 e. The van der Waals surface area contributed by atoms with Crippen molar-refractivity contribution in [2.24, 2.45) is 7.05 Å². The lowest BCUT2D eigenvalue weighted by molar-refractivity contribution is 0.768. The molecule has 4 aromatic rings. The Morgan fingerprint density at radius 3 is 2.75 bits per heavy atom. The van der Waals surface area contributed by atoms with Crippen molar-refractivity contribution >= 4 is 16.7 Å². The maximum atomic E-state index is 4.65. The summed E-state index contributed by atoms with van der Waals surface area (Å²) >= 11 is 0. The Morgan fingerprint density at radius 2 is 1.88 bits per heavy atom. The molecule has 0 aliphatic carbocycles. The van der Waals surface area contributed by atoms with Gasteiger partial charge in [-0.15, -0.1) is 0 Å². The molecular weight excluding hydrogens is 296 g/mol. The molecule has 0 atom stereocenters. The normalized spacial score (nSPS) is 10.9. The first-order valence-electron chi connectivity index (χ1n) is 7.95. The van der Waals surface area contributed by atoms with E-state index in [1.807, 2.05) is 48.4 Å². The van der Waals surface area contributed by atoms with Crippen molar-refractivity contribution in [1.29, 1.82) is 0 Å². The molecule has 2 aromatic carbocycles. The third-order valence-corrected chi connectivity index (χ3v) is 4.04. The molecule has 4 heteroatoms. The van der Waals surface area contributed by atoms with Crippen molar-refractivity contribution in [3.05, 3.63) is 78.6 Å². The molecule has 0 aliphatic rings. The highest BCUT2D eigenvalue weighted by molar-refractivity contribution is 5.80. The van der Waals surface area contributed by atoms with Crippen LogP contribution in [-0.4, -0.2) is 14.8 Å². The quantitative estimate of drug-likeness (QED) is 0.612. The van der Waals surface area contributed by atoms with E-state index in [-0.39, 0.29) is 0 Å². The number of hydrogen-bond donors (Lipinski definition) is 1. The number of benzene rings is 2. The summed E-state index contributed by atoms with van der Waals surface area (Å²) in [6.45, 7) is 0.736. The molecule has 0 amide bonds. The molecule has 0 fully saturated rings. The highest BCUT2D eigenvalue weighted by Gasteiger charge is 2.03. The molecule has 0 aliphatic heterocycles. The van der Waals surface area contributed by atoms with Gasteiger partial charge < -0.3 is 5.32 Å². The lowest BCUT2D eigenvalue weighted by Crippen LogP contribution is -2.01. The van der Waals surface area contributed by atoms with Crippen LogP contribution in [0.4, 0.5) is 5.82 Å². The number of aromatic nitrogens is 3. The zero-order chi connectivity index (χ0) is 16.4. The fourth-order valence-electron chi connectivity index (χ4n) is 2.79. The summed E-state index contributed by atoms with van der Waals surface area (Å²) in [5.41, 5.74) is 4.52. The van der Waals surface area contributed by atoms with E-state index in [0.29, 0.717) is 0 Å². The first kappa shape index (κ1) is 14.5. The molecule has 2 aromatic heterocycles. The first-order valence-corrected chi connectivity index (χ1v) is 7.95. The third kappa shape index (κ3) is 2.99. The van der Waals surface area contributed by atoms with Gasteiger partial charge in [0.05, 0.1) is 11.7 Å². The number of para-hydroxylation sites is 1. The molecule has 1 N–H and O–H groups in total. The molecule has 0 bridgehead atoms. The topological polar surface area (TPSA) is 42.7 Å². The Hall–Kier alpha value is -3.14. The lowest BCUT2D eigenvalue weighted by Gasteiger charge is -2.08. The van der Waals surface area contributed by atoms with Gasteiger partial charge in [0.1, 0.15) is 5.82 Å². The van der Waals surface area contributed by atoms with Crippen LogP contribution in [0, 0.1) is 0 Å². The third-order valence-electron chi connectivity index (χ3n) is 4.04. The Labute approximate surface area is 140 Å². The van der Waals surface area contributed by atoms with Gasteiger partial charge in [0.15, 0.2) is 0 Å². The van der Waals surface area contributed by atoms with Gasteiger partial charge in [-0.25, -0.2) is 4.98 Å². The van der Waals surface area contributed by atoms with Crippen LogP contribution in [0.3, 0.4) is 0 Å². The Balaban J connectivity index is 1.52. The van der Waals surface area contributed by atoms with Crippen LogP contribution >= 0.6 is 0 Å². The van der Waals surface area contributed by atoms with Crippen molar-refractivity contribution in [3.63, 3.8) is 0 Å². The summed E-state index contributed by atoms with van der Waals surface area (Å²) in [4.78, 5) is 4.65. The van der Waals surface area contributed by atoms with Crippen LogP contribution in [-0.2, 0) is 13.6 Å². The van der Waals surface area contributed by atoms with Crippen LogP contribution in [0.5, 0.6) is 0 Å². The van der Waals surface area contributed by atoms with Crippen molar-refractivity contribution < 1.29 is 0 Å². The zero-order valence-corrected chi connectivity index (χ0v) is 13.5. The van der Waals surface area contributed by atoms with E-state index >= 15 is 0 Å². The lowest BCUT2D eigenvalue weighted by atomic mass is 10.1.